The number of hydrogen-bond acceptors (Lipinski definition) is 4. The molecule has 0 saturated heterocycles. The summed E-state index contributed by atoms with van der Waals surface area (Å²) in [5, 5.41) is 0. The normalized spacial score (nSPS) is 18.0. The lowest BCUT2D eigenvalue weighted by Gasteiger charge is -2.35. The number of rotatable bonds is 3. The summed E-state index contributed by atoms with van der Waals surface area (Å²) in [6.07, 6.45) is 8.08. The fraction of sp³-hybridized carbons (Fsp3) is 0.235. The third-order valence-corrected chi connectivity index (χ3v) is 4.41. The van der Waals surface area contributed by atoms with E-state index in [4.69, 9.17) is 5.73 Å². The largest absolute Gasteiger partial charge is 0.368 e. The monoisotopic (exact) mass is 307 g/mol. The molecule has 0 aliphatic carbocycles. The van der Waals surface area contributed by atoms with Crippen molar-refractivity contribution in [1.82, 2.24) is 19.3 Å². The zero-order valence-corrected chi connectivity index (χ0v) is 12.6. The highest BCUT2D eigenvalue weighted by molar-refractivity contribution is 5.82. The minimum atomic E-state index is -0.396. The van der Waals surface area contributed by atoms with Crippen molar-refractivity contribution in [3.8, 4) is 0 Å². The summed E-state index contributed by atoms with van der Waals surface area (Å²) in [6.45, 7) is 1.41. The number of amides is 1. The van der Waals surface area contributed by atoms with Crippen LogP contribution < -0.4 is 5.73 Å². The van der Waals surface area contributed by atoms with E-state index in [1.54, 1.807) is 12.4 Å². The smallest absolute Gasteiger partial charge is 0.239 e. The van der Waals surface area contributed by atoms with Crippen LogP contribution in [0.3, 0.4) is 0 Å². The number of fused-ring (bicyclic) bond motifs is 2. The fourth-order valence-electron chi connectivity index (χ4n) is 3.34. The van der Waals surface area contributed by atoms with Gasteiger partial charge in [0.2, 0.25) is 5.91 Å². The number of nitrogens with zero attached hydrogens (tertiary/aromatic N) is 4. The summed E-state index contributed by atoms with van der Waals surface area (Å²) in [4.78, 5) is 22.6. The van der Waals surface area contributed by atoms with Crippen LogP contribution in [0.5, 0.6) is 0 Å². The van der Waals surface area contributed by atoms with E-state index in [1.807, 2.05) is 35.0 Å². The molecule has 1 aromatic carbocycles. The van der Waals surface area contributed by atoms with Gasteiger partial charge in [0, 0.05) is 25.5 Å². The van der Waals surface area contributed by atoms with Crippen LogP contribution in [0.4, 0.5) is 0 Å². The molecule has 2 N–H and O–H groups in total. The van der Waals surface area contributed by atoms with E-state index in [-0.39, 0.29) is 5.91 Å². The van der Waals surface area contributed by atoms with Crippen molar-refractivity contribution < 1.29 is 4.79 Å². The maximum absolute atomic E-state index is 12.1. The highest BCUT2D eigenvalue weighted by atomic mass is 16.1. The Morgan fingerprint density at radius 3 is 3.04 bits per heavy atom. The van der Waals surface area contributed by atoms with Crippen molar-refractivity contribution in [3.05, 3.63) is 65.9 Å². The minimum Gasteiger partial charge on any atom is -0.368 e. The Morgan fingerprint density at radius 2 is 2.17 bits per heavy atom. The van der Waals surface area contributed by atoms with Crippen molar-refractivity contribution in [3.63, 3.8) is 0 Å². The number of nitrogens with two attached hydrogens (primary N) is 1. The Bertz CT molecular complexity index is 872. The first-order valence-electron chi connectivity index (χ1n) is 7.61. The van der Waals surface area contributed by atoms with E-state index in [1.165, 1.54) is 5.56 Å². The first-order valence-corrected chi connectivity index (χ1v) is 7.61. The number of primary amides is 1. The van der Waals surface area contributed by atoms with E-state index in [0.29, 0.717) is 6.54 Å². The molecule has 6 heteroatoms. The van der Waals surface area contributed by atoms with E-state index < -0.39 is 6.04 Å². The quantitative estimate of drug-likeness (QED) is 0.791. The maximum atomic E-state index is 12.1. The van der Waals surface area contributed by atoms with Crippen molar-refractivity contribution >= 4 is 11.6 Å². The second-order valence-electron chi connectivity index (χ2n) is 5.78. The summed E-state index contributed by atoms with van der Waals surface area (Å²) in [5.41, 5.74) is 9.74. The standard InChI is InChI=1S/C17H17N5O/c18-17(23)16-14-4-2-1-3-12(14)5-7-21(16)11-13-9-20-15-10-19-6-8-22(13)15/h1-4,6,8-10,16H,5,7,11H2,(H2,18,23). The third kappa shape index (κ3) is 2.37. The van der Waals surface area contributed by atoms with Crippen LogP contribution in [0, 0.1) is 0 Å². The molecule has 3 aromatic rings. The molecule has 6 nitrogen and oxygen atoms in total. The molecule has 1 atom stereocenters. The lowest BCUT2D eigenvalue weighted by Crippen LogP contribution is -2.42. The van der Waals surface area contributed by atoms with Gasteiger partial charge in [0.05, 0.1) is 18.1 Å². The van der Waals surface area contributed by atoms with Crippen LogP contribution in [0.25, 0.3) is 5.65 Å². The van der Waals surface area contributed by atoms with Gasteiger partial charge in [0.25, 0.3) is 0 Å². The van der Waals surface area contributed by atoms with Crippen LogP contribution in [-0.2, 0) is 17.8 Å². The molecule has 116 valence electrons. The third-order valence-electron chi connectivity index (χ3n) is 4.41. The molecule has 0 radical (unpaired) electrons. The van der Waals surface area contributed by atoms with Gasteiger partial charge in [-0.2, -0.15) is 0 Å². The first-order chi connectivity index (χ1) is 11.2. The van der Waals surface area contributed by atoms with Gasteiger partial charge in [0.15, 0.2) is 5.65 Å². The van der Waals surface area contributed by atoms with Crippen molar-refractivity contribution in [2.75, 3.05) is 6.54 Å². The van der Waals surface area contributed by atoms with Crippen LogP contribution in [0.2, 0.25) is 0 Å². The summed E-state index contributed by atoms with van der Waals surface area (Å²) in [6, 6.07) is 7.63. The zero-order valence-electron chi connectivity index (χ0n) is 12.6. The topological polar surface area (TPSA) is 76.5 Å². The van der Waals surface area contributed by atoms with Crippen LogP contribution in [0.1, 0.15) is 22.9 Å². The average Bonchev–Trinajstić information content (AvgIpc) is 2.97. The highest BCUT2D eigenvalue weighted by Gasteiger charge is 2.31. The molecule has 23 heavy (non-hydrogen) atoms. The van der Waals surface area contributed by atoms with Crippen molar-refractivity contribution in [1.29, 1.82) is 0 Å². The molecular formula is C17H17N5O. The van der Waals surface area contributed by atoms with Crippen molar-refractivity contribution in [2.24, 2.45) is 5.73 Å². The molecule has 3 heterocycles. The number of aromatic nitrogens is 3. The van der Waals surface area contributed by atoms with E-state index in [9.17, 15) is 4.79 Å². The minimum absolute atomic E-state index is 0.312. The molecule has 1 amide bonds. The second-order valence-corrected chi connectivity index (χ2v) is 5.78. The lowest BCUT2D eigenvalue weighted by molar-refractivity contribution is -0.124. The summed E-state index contributed by atoms with van der Waals surface area (Å²) in [7, 11) is 0. The van der Waals surface area contributed by atoms with Gasteiger partial charge in [-0.25, -0.2) is 4.98 Å². The van der Waals surface area contributed by atoms with Gasteiger partial charge in [-0.15, -0.1) is 0 Å². The second kappa shape index (κ2) is 5.48. The molecule has 1 aliphatic rings. The van der Waals surface area contributed by atoms with Gasteiger partial charge < -0.3 is 5.73 Å². The number of imidazole rings is 1. The molecular weight excluding hydrogens is 290 g/mol. The highest BCUT2D eigenvalue weighted by Crippen LogP contribution is 2.30. The molecule has 1 aliphatic heterocycles. The summed E-state index contributed by atoms with van der Waals surface area (Å²) < 4.78 is 1.99. The van der Waals surface area contributed by atoms with Crippen molar-refractivity contribution in [2.45, 2.75) is 19.0 Å². The van der Waals surface area contributed by atoms with Crippen LogP contribution in [0.15, 0.2) is 49.1 Å². The SMILES string of the molecule is NC(=O)C1c2ccccc2CCN1Cc1cnc2cnccn12. The average molecular weight is 307 g/mol. The Balaban J connectivity index is 1.70. The Kier molecular flexibility index (Phi) is 3.31. The summed E-state index contributed by atoms with van der Waals surface area (Å²) in [5.74, 6) is -0.312. The molecule has 1 unspecified atom stereocenters. The number of carbonyl (C=O) groups is 1. The predicted molar refractivity (Wildman–Crippen MR) is 85.5 cm³/mol. The molecule has 0 saturated carbocycles. The predicted octanol–water partition coefficient (Wildman–Crippen LogP) is 1.31. The zero-order chi connectivity index (χ0) is 15.8. The van der Waals surface area contributed by atoms with Gasteiger partial charge >= 0.3 is 0 Å². The van der Waals surface area contributed by atoms with E-state index in [0.717, 1.165) is 29.9 Å². The van der Waals surface area contributed by atoms with Crippen LogP contribution in [-0.4, -0.2) is 31.7 Å². The molecule has 0 fully saturated rings. The lowest BCUT2D eigenvalue weighted by atomic mass is 9.92. The first kappa shape index (κ1) is 13.9. The van der Waals surface area contributed by atoms with Gasteiger partial charge in [0.1, 0.15) is 6.04 Å². The van der Waals surface area contributed by atoms with Crippen LogP contribution >= 0.6 is 0 Å². The fourth-order valence-corrected chi connectivity index (χ4v) is 3.34. The molecule has 0 bridgehead atoms. The molecule has 0 spiro atoms. The Labute approximate surface area is 133 Å². The van der Waals surface area contributed by atoms with Gasteiger partial charge in [-0.1, -0.05) is 24.3 Å². The number of benzene rings is 1. The Hall–Kier alpha value is -2.73. The number of hydrogen-bond donors (Lipinski definition) is 1. The number of carbonyl (C=O) groups excluding carboxylic acids is 1. The molecule has 2 aromatic heterocycles. The van der Waals surface area contributed by atoms with Gasteiger partial charge in [-0.3, -0.25) is 19.1 Å². The van der Waals surface area contributed by atoms with E-state index >= 15 is 0 Å². The maximum Gasteiger partial charge on any atom is 0.239 e. The Morgan fingerprint density at radius 1 is 1.30 bits per heavy atom. The molecule has 4 rings (SSSR count). The summed E-state index contributed by atoms with van der Waals surface area (Å²) >= 11 is 0. The van der Waals surface area contributed by atoms with Gasteiger partial charge in [-0.05, 0) is 17.5 Å². The van der Waals surface area contributed by atoms with E-state index in [2.05, 4.69) is 20.9 Å².